The first kappa shape index (κ1) is 17.4. The number of rotatable bonds is 13. The Labute approximate surface area is 114 Å². The van der Waals surface area contributed by atoms with Crippen molar-refractivity contribution in [1.82, 2.24) is 0 Å². The third-order valence-corrected chi connectivity index (χ3v) is 3.30. The fourth-order valence-corrected chi connectivity index (χ4v) is 2.05. The predicted octanol–water partition coefficient (Wildman–Crippen LogP) is 5.83. The zero-order chi connectivity index (χ0) is 13.5. The molecule has 0 fully saturated rings. The number of hydrogen-bond acceptors (Lipinski definition) is 1. The molecule has 0 aromatic carbocycles. The molecule has 0 unspecified atom stereocenters. The van der Waals surface area contributed by atoms with E-state index < -0.39 is 0 Å². The number of ketones is 1. The van der Waals surface area contributed by atoms with Crippen molar-refractivity contribution in [2.75, 3.05) is 0 Å². The van der Waals surface area contributed by atoms with E-state index in [-0.39, 0.29) is 0 Å². The van der Waals surface area contributed by atoms with E-state index in [0.717, 1.165) is 25.7 Å². The van der Waals surface area contributed by atoms with Gasteiger partial charge in [0.05, 0.1) is 0 Å². The lowest BCUT2D eigenvalue weighted by Gasteiger charge is -1.99. The van der Waals surface area contributed by atoms with Crippen molar-refractivity contribution >= 4 is 5.78 Å². The normalized spacial score (nSPS) is 11.2. The topological polar surface area (TPSA) is 17.1 Å². The van der Waals surface area contributed by atoms with Gasteiger partial charge >= 0.3 is 0 Å². The quantitative estimate of drug-likeness (QED) is 0.297. The fourth-order valence-electron chi connectivity index (χ4n) is 2.05. The Bertz CT molecular complexity index is 206. The number of carbonyl (C=O) groups is 1. The highest BCUT2D eigenvalue weighted by Crippen LogP contribution is 2.09. The van der Waals surface area contributed by atoms with Crippen LogP contribution in [-0.4, -0.2) is 5.78 Å². The standard InChI is InChI=1S/C17H32O/c1-3-5-7-8-9-10-11-12-13-14-16-17(18)15-6-4-2/h14,16H,3-13,15H2,1-2H3. The summed E-state index contributed by atoms with van der Waals surface area (Å²) in [5.41, 5.74) is 0. The van der Waals surface area contributed by atoms with Crippen LogP contribution < -0.4 is 0 Å². The van der Waals surface area contributed by atoms with Crippen LogP contribution in [0.15, 0.2) is 12.2 Å². The number of carbonyl (C=O) groups excluding carboxylic acids is 1. The van der Waals surface area contributed by atoms with Crippen LogP contribution in [-0.2, 0) is 4.79 Å². The van der Waals surface area contributed by atoms with Crippen molar-refractivity contribution in [3.8, 4) is 0 Å². The lowest BCUT2D eigenvalue weighted by molar-refractivity contribution is -0.114. The minimum absolute atomic E-state index is 0.302. The summed E-state index contributed by atoms with van der Waals surface area (Å²) in [4.78, 5) is 11.4. The second-order valence-electron chi connectivity index (χ2n) is 5.24. The molecule has 0 rings (SSSR count). The van der Waals surface area contributed by atoms with Gasteiger partial charge in [-0.2, -0.15) is 0 Å². The molecule has 106 valence electrons. The molecular weight excluding hydrogens is 220 g/mol. The Hall–Kier alpha value is -0.590. The molecule has 0 saturated heterocycles. The highest BCUT2D eigenvalue weighted by atomic mass is 16.1. The summed E-state index contributed by atoms with van der Waals surface area (Å²) in [5, 5.41) is 0. The lowest BCUT2D eigenvalue weighted by atomic mass is 10.1. The molecule has 0 bridgehead atoms. The van der Waals surface area contributed by atoms with Crippen LogP contribution in [0.3, 0.4) is 0 Å². The minimum atomic E-state index is 0.302. The van der Waals surface area contributed by atoms with E-state index in [0.29, 0.717) is 5.78 Å². The summed E-state index contributed by atoms with van der Waals surface area (Å²) >= 11 is 0. The van der Waals surface area contributed by atoms with Gasteiger partial charge in [-0.1, -0.05) is 71.3 Å². The van der Waals surface area contributed by atoms with Crippen molar-refractivity contribution < 1.29 is 4.79 Å². The molecule has 18 heavy (non-hydrogen) atoms. The Morgan fingerprint density at radius 1 is 0.778 bits per heavy atom. The average Bonchev–Trinajstić information content (AvgIpc) is 2.38. The highest BCUT2D eigenvalue weighted by Gasteiger charge is 1.94. The Kier molecular flexibility index (Phi) is 14.0. The molecule has 0 aliphatic carbocycles. The van der Waals surface area contributed by atoms with Crippen molar-refractivity contribution in [1.29, 1.82) is 0 Å². The molecule has 0 amide bonds. The first-order valence-electron chi connectivity index (χ1n) is 8.00. The van der Waals surface area contributed by atoms with E-state index >= 15 is 0 Å². The SMILES string of the molecule is CCCCCCCCCCC=CC(=O)CCCC. The van der Waals surface area contributed by atoms with E-state index in [9.17, 15) is 4.79 Å². The third kappa shape index (κ3) is 13.5. The van der Waals surface area contributed by atoms with Crippen molar-refractivity contribution in [3.63, 3.8) is 0 Å². The molecule has 0 aromatic heterocycles. The molecule has 0 saturated carbocycles. The molecule has 0 atom stereocenters. The summed E-state index contributed by atoms with van der Waals surface area (Å²) < 4.78 is 0. The maximum Gasteiger partial charge on any atom is 0.155 e. The Morgan fingerprint density at radius 2 is 1.33 bits per heavy atom. The van der Waals surface area contributed by atoms with Crippen LogP contribution >= 0.6 is 0 Å². The van der Waals surface area contributed by atoms with Crippen LogP contribution in [0.4, 0.5) is 0 Å². The summed E-state index contributed by atoms with van der Waals surface area (Å²) in [6, 6.07) is 0. The van der Waals surface area contributed by atoms with Gasteiger partial charge in [-0.3, -0.25) is 4.79 Å². The highest BCUT2D eigenvalue weighted by molar-refractivity contribution is 5.89. The summed E-state index contributed by atoms with van der Waals surface area (Å²) in [6.45, 7) is 4.38. The molecule has 0 aliphatic rings. The molecule has 0 aliphatic heterocycles. The second-order valence-corrected chi connectivity index (χ2v) is 5.24. The van der Waals surface area contributed by atoms with Gasteiger partial charge < -0.3 is 0 Å². The monoisotopic (exact) mass is 252 g/mol. The molecule has 0 aromatic rings. The molecule has 0 spiro atoms. The van der Waals surface area contributed by atoms with Crippen molar-refractivity contribution in [2.24, 2.45) is 0 Å². The summed E-state index contributed by atoms with van der Waals surface area (Å²) in [7, 11) is 0. The fraction of sp³-hybridized carbons (Fsp3) is 0.824. The maximum atomic E-state index is 11.4. The molecular formula is C17H32O. The van der Waals surface area contributed by atoms with Crippen LogP contribution in [0.5, 0.6) is 0 Å². The average molecular weight is 252 g/mol. The van der Waals surface area contributed by atoms with Gasteiger partial charge in [-0.05, 0) is 25.3 Å². The summed E-state index contributed by atoms with van der Waals surface area (Å²) in [5.74, 6) is 0.302. The van der Waals surface area contributed by atoms with E-state index in [1.807, 2.05) is 0 Å². The number of hydrogen-bond donors (Lipinski definition) is 0. The van der Waals surface area contributed by atoms with Crippen LogP contribution in [0.2, 0.25) is 0 Å². The summed E-state index contributed by atoms with van der Waals surface area (Å²) in [6.07, 6.45) is 18.6. The van der Waals surface area contributed by atoms with Gasteiger partial charge in [0, 0.05) is 6.42 Å². The first-order chi connectivity index (χ1) is 8.81. The number of unbranched alkanes of at least 4 members (excludes halogenated alkanes) is 9. The van der Waals surface area contributed by atoms with Gasteiger partial charge in [-0.25, -0.2) is 0 Å². The van der Waals surface area contributed by atoms with Crippen LogP contribution in [0.1, 0.15) is 90.9 Å². The van der Waals surface area contributed by atoms with E-state index in [1.165, 1.54) is 51.4 Å². The van der Waals surface area contributed by atoms with Crippen LogP contribution in [0.25, 0.3) is 0 Å². The van der Waals surface area contributed by atoms with Gasteiger partial charge in [0.15, 0.2) is 5.78 Å². The van der Waals surface area contributed by atoms with Crippen LogP contribution in [0, 0.1) is 0 Å². The smallest absolute Gasteiger partial charge is 0.155 e. The van der Waals surface area contributed by atoms with Crippen molar-refractivity contribution in [3.05, 3.63) is 12.2 Å². The van der Waals surface area contributed by atoms with Gasteiger partial charge in [0.2, 0.25) is 0 Å². The minimum Gasteiger partial charge on any atom is -0.295 e. The zero-order valence-electron chi connectivity index (χ0n) is 12.5. The van der Waals surface area contributed by atoms with Crippen molar-refractivity contribution in [2.45, 2.75) is 90.9 Å². The molecule has 0 heterocycles. The molecule has 1 nitrogen and oxygen atoms in total. The molecule has 1 heteroatoms. The van der Waals surface area contributed by atoms with E-state index in [4.69, 9.17) is 0 Å². The molecule has 0 radical (unpaired) electrons. The predicted molar refractivity (Wildman–Crippen MR) is 80.9 cm³/mol. The number of allylic oxidation sites excluding steroid dienone is 2. The van der Waals surface area contributed by atoms with E-state index in [1.54, 1.807) is 6.08 Å². The first-order valence-corrected chi connectivity index (χ1v) is 8.00. The van der Waals surface area contributed by atoms with Gasteiger partial charge in [0.1, 0.15) is 0 Å². The van der Waals surface area contributed by atoms with Gasteiger partial charge in [-0.15, -0.1) is 0 Å². The third-order valence-electron chi connectivity index (χ3n) is 3.30. The Morgan fingerprint density at radius 3 is 1.94 bits per heavy atom. The lowest BCUT2D eigenvalue weighted by Crippen LogP contribution is -1.91. The largest absolute Gasteiger partial charge is 0.295 e. The maximum absolute atomic E-state index is 11.4. The van der Waals surface area contributed by atoms with E-state index in [2.05, 4.69) is 19.9 Å². The Balaban J connectivity index is 3.19. The second kappa shape index (κ2) is 14.5. The zero-order valence-corrected chi connectivity index (χ0v) is 12.5. The van der Waals surface area contributed by atoms with Gasteiger partial charge in [0.25, 0.3) is 0 Å². The molecule has 0 N–H and O–H groups in total.